The molecule has 0 fully saturated rings. The minimum Gasteiger partial charge on any atom is -0.453 e. The Morgan fingerprint density at radius 3 is 3.00 bits per heavy atom. The maximum atomic E-state index is 5.09. The Kier molecular flexibility index (Phi) is 1.07. The largest absolute Gasteiger partial charge is 0.453 e. The van der Waals surface area contributed by atoms with Gasteiger partial charge < -0.3 is 9.64 Å². The zero-order valence-corrected chi connectivity index (χ0v) is 5.66. The molecule has 0 spiro atoms. The SMILES string of the molecule is CN1[C]Oc2ccccc21. The van der Waals surface area contributed by atoms with Gasteiger partial charge in [0.1, 0.15) is 5.75 Å². The summed E-state index contributed by atoms with van der Waals surface area (Å²) in [6.45, 7) is 2.72. The standard InChI is InChI=1S/C8H7NO/c1-9-6-10-8-5-3-2-4-7(8)9/h2-5H,1H3. The predicted octanol–water partition coefficient (Wildman–Crippen LogP) is 1.51. The van der Waals surface area contributed by atoms with E-state index in [1.165, 1.54) is 0 Å². The maximum absolute atomic E-state index is 5.09. The van der Waals surface area contributed by atoms with Gasteiger partial charge in [0.25, 0.3) is 0 Å². The summed E-state index contributed by atoms with van der Waals surface area (Å²) in [6, 6.07) is 7.84. The molecule has 1 aromatic carbocycles. The third-order valence-electron chi connectivity index (χ3n) is 1.52. The van der Waals surface area contributed by atoms with E-state index in [4.69, 9.17) is 4.74 Å². The van der Waals surface area contributed by atoms with E-state index in [1.807, 2.05) is 36.2 Å². The molecule has 1 heterocycles. The molecule has 2 nitrogen and oxygen atoms in total. The number of anilines is 1. The van der Waals surface area contributed by atoms with Gasteiger partial charge in [0, 0.05) is 7.05 Å². The molecule has 0 saturated carbocycles. The van der Waals surface area contributed by atoms with Crippen molar-refractivity contribution in [3.63, 3.8) is 0 Å². The second-order valence-electron chi connectivity index (χ2n) is 2.22. The number of hydrogen-bond acceptors (Lipinski definition) is 2. The quantitative estimate of drug-likeness (QED) is 0.532. The number of para-hydroxylation sites is 2. The van der Waals surface area contributed by atoms with Gasteiger partial charge in [0.05, 0.1) is 5.69 Å². The lowest BCUT2D eigenvalue weighted by molar-refractivity contribution is 0.432. The van der Waals surface area contributed by atoms with Crippen LogP contribution in [-0.2, 0) is 0 Å². The van der Waals surface area contributed by atoms with Crippen molar-refractivity contribution in [1.82, 2.24) is 0 Å². The average molecular weight is 133 g/mol. The summed E-state index contributed by atoms with van der Waals surface area (Å²) in [7, 11) is 1.91. The maximum Gasteiger partial charge on any atom is 0.315 e. The van der Waals surface area contributed by atoms with Crippen LogP contribution in [0.2, 0.25) is 0 Å². The molecule has 0 bridgehead atoms. The minimum atomic E-state index is 0.880. The third kappa shape index (κ3) is 0.652. The summed E-state index contributed by atoms with van der Waals surface area (Å²) in [4.78, 5) is 1.83. The van der Waals surface area contributed by atoms with Gasteiger partial charge in [-0.25, -0.2) is 0 Å². The number of ether oxygens (including phenoxy) is 1. The Balaban J connectivity index is 2.51. The summed E-state index contributed by atoms with van der Waals surface area (Å²) in [5, 5.41) is 0. The van der Waals surface area contributed by atoms with Gasteiger partial charge in [-0.1, -0.05) is 12.1 Å². The van der Waals surface area contributed by atoms with Crippen LogP contribution in [0.15, 0.2) is 24.3 Å². The van der Waals surface area contributed by atoms with Crippen molar-refractivity contribution in [2.45, 2.75) is 0 Å². The Morgan fingerprint density at radius 1 is 1.40 bits per heavy atom. The van der Waals surface area contributed by atoms with Crippen LogP contribution in [-0.4, -0.2) is 7.05 Å². The second kappa shape index (κ2) is 1.90. The van der Waals surface area contributed by atoms with Crippen LogP contribution in [0.5, 0.6) is 5.75 Å². The van der Waals surface area contributed by atoms with E-state index in [9.17, 15) is 0 Å². The molecule has 2 heteroatoms. The van der Waals surface area contributed by atoms with Crippen molar-refractivity contribution in [3.05, 3.63) is 31.0 Å². The predicted molar refractivity (Wildman–Crippen MR) is 38.7 cm³/mol. The molecule has 1 aliphatic rings. The zero-order valence-electron chi connectivity index (χ0n) is 5.66. The van der Waals surface area contributed by atoms with Crippen molar-refractivity contribution in [2.24, 2.45) is 0 Å². The fraction of sp³-hybridized carbons (Fsp3) is 0.125. The number of fused-ring (bicyclic) bond motifs is 1. The zero-order chi connectivity index (χ0) is 6.97. The molecule has 0 unspecified atom stereocenters. The van der Waals surface area contributed by atoms with E-state index < -0.39 is 0 Å². The van der Waals surface area contributed by atoms with Crippen LogP contribution in [0.25, 0.3) is 0 Å². The van der Waals surface area contributed by atoms with Gasteiger partial charge in [-0.3, -0.25) is 0 Å². The fourth-order valence-electron chi connectivity index (χ4n) is 0.987. The monoisotopic (exact) mass is 133 g/mol. The summed E-state index contributed by atoms with van der Waals surface area (Å²) >= 11 is 0. The number of hydrogen-bond donors (Lipinski definition) is 0. The van der Waals surface area contributed by atoms with Crippen molar-refractivity contribution >= 4 is 5.69 Å². The Hall–Kier alpha value is -1.18. The molecule has 0 amide bonds. The first kappa shape index (κ1) is 5.59. The Bertz CT molecular complexity index is 247. The molecule has 2 rings (SSSR count). The summed E-state index contributed by atoms with van der Waals surface area (Å²) in [5.74, 6) is 0.880. The van der Waals surface area contributed by atoms with Crippen molar-refractivity contribution in [1.29, 1.82) is 0 Å². The average Bonchev–Trinajstić information content (AvgIpc) is 2.34. The smallest absolute Gasteiger partial charge is 0.315 e. The van der Waals surface area contributed by atoms with E-state index >= 15 is 0 Å². The molecule has 50 valence electrons. The van der Waals surface area contributed by atoms with E-state index in [2.05, 4.69) is 6.73 Å². The first-order valence-corrected chi connectivity index (χ1v) is 3.13. The lowest BCUT2D eigenvalue weighted by atomic mass is 10.3. The third-order valence-corrected chi connectivity index (χ3v) is 1.52. The molecule has 10 heavy (non-hydrogen) atoms. The normalized spacial score (nSPS) is 14.7. The first-order chi connectivity index (χ1) is 4.88. The highest BCUT2D eigenvalue weighted by molar-refractivity contribution is 5.62. The van der Waals surface area contributed by atoms with Crippen molar-refractivity contribution < 1.29 is 4.74 Å². The molecule has 0 atom stereocenters. The molecule has 0 aromatic heterocycles. The highest BCUT2D eigenvalue weighted by Gasteiger charge is 2.17. The van der Waals surface area contributed by atoms with Crippen LogP contribution in [0.1, 0.15) is 0 Å². The van der Waals surface area contributed by atoms with Gasteiger partial charge >= 0.3 is 6.73 Å². The lowest BCUT2D eigenvalue weighted by Crippen LogP contribution is -2.08. The molecule has 1 aromatic rings. The summed E-state index contributed by atoms with van der Waals surface area (Å²) in [6.07, 6.45) is 0. The molecule has 0 aliphatic carbocycles. The van der Waals surface area contributed by atoms with Gasteiger partial charge in [-0.2, -0.15) is 0 Å². The highest BCUT2D eigenvalue weighted by Crippen LogP contribution is 2.33. The number of benzene rings is 1. The van der Waals surface area contributed by atoms with Gasteiger partial charge in [-0.15, -0.1) is 0 Å². The van der Waals surface area contributed by atoms with Crippen molar-refractivity contribution in [3.8, 4) is 5.75 Å². The Morgan fingerprint density at radius 2 is 2.20 bits per heavy atom. The van der Waals surface area contributed by atoms with Crippen LogP contribution in [0.3, 0.4) is 0 Å². The highest BCUT2D eigenvalue weighted by atomic mass is 16.5. The van der Waals surface area contributed by atoms with E-state index in [0.29, 0.717) is 0 Å². The molecule has 2 radical (unpaired) electrons. The molecule has 0 saturated heterocycles. The van der Waals surface area contributed by atoms with Crippen LogP contribution < -0.4 is 9.64 Å². The van der Waals surface area contributed by atoms with Crippen LogP contribution >= 0.6 is 0 Å². The fourth-order valence-corrected chi connectivity index (χ4v) is 0.987. The van der Waals surface area contributed by atoms with E-state index in [-0.39, 0.29) is 0 Å². The van der Waals surface area contributed by atoms with Crippen molar-refractivity contribution in [2.75, 3.05) is 11.9 Å². The number of nitrogens with zero attached hydrogens (tertiary/aromatic N) is 1. The van der Waals surface area contributed by atoms with E-state index in [0.717, 1.165) is 11.4 Å². The van der Waals surface area contributed by atoms with Gasteiger partial charge in [0.15, 0.2) is 0 Å². The molecular weight excluding hydrogens is 126 g/mol. The first-order valence-electron chi connectivity index (χ1n) is 3.13. The Labute approximate surface area is 60.0 Å². The molecule has 1 aliphatic heterocycles. The topological polar surface area (TPSA) is 12.5 Å². The minimum absolute atomic E-state index is 0.880. The summed E-state index contributed by atoms with van der Waals surface area (Å²) in [5.41, 5.74) is 1.07. The molecule has 0 N–H and O–H groups in total. The van der Waals surface area contributed by atoms with Gasteiger partial charge in [-0.05, 0) is 12.1 Å². The lowest BCUT2D eigenvalue weighted by Gasteiger charge is -2.03. The second-order valence-corrected chi connectivity index (χ2v) is 2.22. The van der Waals surface area contributed by atoms with Crippen LogP contribution in [0.4, 0.5) is 5.69 Å². The van der Waals surface area contributed by atoms with Crippen LogP contribution in [0, 0.1) is 6.73 Å². The number of rotatable bonds is 0. The van der Waals surface area contributed by atoms with Gasteiger partial charge in [0.2, 0.25) is 0 Å². The molecular formula is C8H7NO. The summed E-state index contributed by atoms with van der Waals surface area (Å²) < 4.78 is 5.09. The van der Waals surface area contributed by atoms with E-state index in [1.54, 1.807) is 0 Å².